The lowest BCUT2D eigenvalue weighted by Crippen LogP contribution is -2.24. The van der Waals surface area contributed by atoms with Crippen LogP contribution in [0, 0.1) is 6.92 Å². The van der Waals surface area contributed by atoms with Crippen LogP contribution in [-0.4, -0.2) is 29.6 Å². The van der Waals surface area contributed by atoms with Gasteiger partial charge < -0.3 is 14.8 Å². The van der Waals surface area contributed by atoms with Crippen LogP contribution in [0.15, 0.2) is 36.4 Å². The van der Waals surface area contributed by atoms with Gasteiger partial charge in [0.05, 0.1) is 30.6 Å². The monoisotopic (exact) mass is 370 g/mol. The highest BCUT2D eigenvalue weighted by Gasteiger charge is 2.14. The van der Waals surface area contributed by atoms with Gasteiger partial charge in [-0.15, -0.1) is 0 Å². The predicted octanol–water partition coefficient (Wildman–Crippen LogP) is 3.42. The van der Waals surface area contributed by atoms with Crippen molar-refractivity contribution in [1.29, 1.82) is 0 Å². The quantitative estimate of drug-likeness (QED) is 0.721. The Kier molecular flexibility index (Phi) is 7.49. The molecule has 0 bridgehead atoms. The highest BCUT2D eigenvalue weighted by molar-refractivity contribution is 5.95. The molecule has 0 atom stereocenters. The molecule has 0 aliphatic rings. The topological polar surface area (TPSA) is 77.5 Å². The molecule has 1 amide bonds. The van der Waals surface area contributed by atoms with Gasteiger partial charge in [0.2, 0.25) is 0 Å². The zero-order chi connectivity index (χ0) is 19.8. The number of aromatic nitrogens is 1. The Bertz CT molecular complexity index is 803. The molecule has 2 rings (SSSR count). The summed E-state index contributed by atoms with van der Waals surface area (Å²) in [7, 11) is 0. The number of esters is 1. The summed E-state index contributed by atoms with van der Waals surface area (Å²) in [6.45, 7) is 8.62. The first-order chi connectivity index (χ1) is 12.9. The van der Waals surface area contributed by atoms with Crippen LogP contribution < -0.4 is 5.32 Å². The summed E-state index contributed by atoms with van der Waals surface area (Å²) in [6, 6.07) is 11.0. The lowest BCUT2D eigenvalue weighted by molar-refractivity contribution is 0.0524. The van der Waals surface area contributed by atoms with E-state index in [0.29, 0.717) is 31.0 Å². The first-order valence-corrected chi connectivity index (χ1v) is 9.03. The summed E-state index contributed by atoms with van der Waals surface area (Å²) in [5.41, 5.74) is 3.14. The van der Waals surface area contributed by atoms with Crippen molar-refractivity contribution in [3.8, 4) is 0 Å². The molecular weight excluding hydrogens is 344 g/mol. The second kappa shape index (κ2) is 9.83. The molecule has 0 unspecified atom stereocenters. The molecule has 1 aromatic carbocycles. The van der Waals surface area contributed by atoms with E-state index in [1.807, 2.05) is 38.1 Å². The number of ether oxygens (including phenoxy) is 2. The van der Waals surface area contributed by atoms with Crippen LogP contribution in [0.3, 0.4) is 0 Å². The van der Waals surface area contributed by atoms with Gasteiger partial charge in [-0.1, -0.05) is 24.3 Å². The number of hydrogen-bond donors (Lipinski definition) is 1. The van der Waals surface area contributed by atoms with Crippen LogP contribution in [0.1, 0.15) is 58.4 Å². The number of nitrogens with one attached hydrogen (secondary N) is 1. The Balaban J connectivity index is 1.98. The molecule has 6 nitrogen and oxygen atoms in total. The molecule has 0 aliphatic heterocycles. The van der Waals surface area contributed by atoms with Gasteiger partial charge in [-0.3, -0.25) is 4.79 Å². The highest BCUT2D eigenvalue weighted by Crippen LogP contribution is 2.10. The number of hydrogen-bond acceptors (Lipinski definition) is 5. The second-order valence-electron chi connectivity index (χ2n) is 6.41. The maximum atomic E-state index is 12.4. The minimum absolute atomic E-state index is 0.167. The summed E-state index contributed by atoms with van der Waals surface area (Å²) in [5, 5.41) is 2.85. The number of carbonyl (C=O) groups is 2. The van der Waals surface area contributed by atoms with Gasteiger partial charge >= 0.3 is 5.97 Å². The molecular formula is C21H26N2O4. The van der Waals surface area contributed by atoms with E-state index in [2.05, 4.69) is 10.3 Å². The Morgan fingerprint density at radius 2 is 1.89 bits per heavy atom. The van der Waals surface area contributed by atoms with Crippen LogP contribution >= 0.6 is 0 Å². The predicted molar refractivity (Wildman–Crippen MR) is 102 cm³/mol. The lowest BCUT2D eigenvalue weighted by atomic mass is 10.1. The fourth-order valence-electron chi connectivity index (χ4n) is 2.48. The zero-order valence-corrected chi connectivity index (χ0v) is 16.2. The minimum atomic E-state index is -0.435. The van der Waals surface area contributed by atoms with Crippen LogP contribution in [0.2, 0.25) is 0 Å². The van der Waals surface area contributed by atoms with Gasteiger partial charge in [-0.05, 0) is 51.0 Å². The van der Waals surface area contributed by atoms with Gasteiger partial charge in [-0.25, -0.2) is 9.78 Å². The van der Waals surface area contributed by atoms with Crippen molar-refractivity contribution in [1.82, 2.24) is 10.3 Å². The molecule has 6 heteroatoms. The summed E-state index contributed by atoms with van der Waals surface area (Å²) in [5.74, 6) is -0.729. The third-order valence-electron chi connectivity index (χ3n) is 3.84. The van der Waals surface area contributed by atoms with E-state index in [4.69, 9.17) is 9.47 Å². The number of rotatable bonds is 8. The third-order valence-corrected chi connectivity index (χ3v) is 3.84. The van der Waals surface area contributed by atoms with Crippen LogP contribution in [0.5, 0.6) is 0 Å². The Hall–Kier alpha value is -2.73. The van der Waals surface area contributed by atoms with Crippen molar-refractivity contribution in [3.05, 3.63) is 64.5 Å². The third kappa shape index (κ3) is 6.18. The molecule has 1 N–H and O–H groups in total. The maximum Gasteiger partial charge on any atom is 0.339 e. The summed E-state index contributed by atoms with van der Waals surface area (Å²) >= 11 is 0. The summed E-state index contributed by atoms with van der Waals surface area (Å²) < 4.78 is 10.6. The van der Waals surface area contributed by atoms with Gasteiger partial charge in [0, 0.05) is 6.54 Å². The van der Waals surface area contributed by atoms with Gasteiger partial charge in [0.1, 0.15) is 5.69 Å². The average Bonchev–Trinajstić information content (AvgIpc) is 2.64. The number of carbonyl (C=O) groups excluding carboxylic acids is 2. The SMILES string of the molecule is CCOC(=O)c1ccc(C(=O)NCc2cccc(COC(C)C)c2)nc1C. The first-order valence-electron chi connectivity index (χ1n) is 9.03. The van der Waals surface area contributed by atoms with Crippen LogP contribution in [0.4, 0.5) is 0 Å². The molecule has 1 aromatic heterocycles. The van der Waals surface area contributed by atoms with E-state index in [9.17, 15) is 9.59 Å². The van der Waals surface area contributed by atoms with E-state index < -0.39 is 5.97 Å². The Morgan fingerprint density at radius 3 is 2.56 bits per heavy atom. The molecule has 0 spiro atoms. The molecule has 0 aliphatic carbocycles. The molecule has 1 heterocycles. The molecule has 0 fully saturated rings. The number of aryl methyl sites for hydroxylation is 1. The van der Waals surface area contributed by atoms with E-state index in [0.717, 1.165) is 11.1 Å². The van der Waals surface area contributed by atoms with Gasteiger partial charge in [-0.2, -0.15) is 0 Å². The van der Waals surface area contributed by atoms with Crippen molar-refractivity contribution >= 4 is 11.9 Å². The average molecular weight is 370 g/mol. The second-order valence-corrected chi connectivity index (χ2v) is 6.41. The van der Waals surface area contributed by atoms with E-state index in [1.165, 1.54) is 6.07 Å². The first kappa shape index (κ1) is 20.6. The van der Waals surface area contributed by atoms with Crippen LogP contribution in [0.25, 0.3) is 0 Å². The maximum absolute atomic E-state index is 12.4. The largest absolute Gasteiger partial charge is 0.462 e. The Morgan fingerprint density at radius 1 is 1.15 bits per heavy atom. The number of pyridine rings is 1. The smallest absolute Gasteiger partial charge is 0.339 e. The summed E-state index contributed by atoms with van der Waals surface area (Å²) in [4.78, 5) is 28.4. The van der Waals surface area contributed by atoms with Gasteiger partial charge in [0.15, 0.2) is 0 Å². The van der Waals surface area contributed by atoms with Crippen molar-refractivity contribution < 1.29 is 19.1 Å². The fourth-order valence-corrected chi connectivity index (χ4v) is 2.48. The molecule has 2 aromatic rings. The standard InChI is InChI=1S/C21H26N2O4/c1-5-26-21(25)18-9-10-19(23-15(18)4)20(24)22-12-16-7-6-8-17(11-16)13-27-14(2)3/h6-11,14H,5,12-13H2,1-4H3,(H,22,24). The van der Waals surface area contributed by atoms with Crippen molar-refractivity contribution in [2.24, 2.45) is 0 Å². The van der Waals surface area contributed by atoms with E-state index >= 15 is 0 Å². The van der Waals surface area contributed by atoms with Crippen molar-refractivity contribution in [2.75, 3.05) is 6.61 Å². The Labute approximate surface area is 159 Å². The molecule has 0 saturated carbocycles. The van der Waals surface area contributed by atoms with E-state index in [1.54, 1.807) is 19.9 Å². The van der Waals surface area contributed by atoms with Crippen LogP contribution in [-0.2, 0) is 22.6 Å². The number of benzene rings is 1. The minimum Gasteiger partial charge on any atom is -0.462 e. The van der Waals surface area contributed by atoms with Crippen molar-refractivity contribution in [2.45, 2.75) is 47.0 Å². The number of nitrogens with zero attached hydrogens (tertiary/aromatic N) is 1. The van der Waals surface area contributed by atoms with Crippen molar-refractivity contribution in [3.63, 3.8) is 0 Å². The fraction of sp³-hybridized carbons (Fsp3) is 0.381. The lowest BCUT2D eigenvalue weighted by Gasteiger charge is -2.10. The highest BCUT2D eigenvalue weighted by atomic mass is 16.5. The molecule has 0 saturated heterocycles. The normalized spacial score (nSPS) is 10.7. The molecule has 27 heavy (non-hydrogen) atoms. The summed E-state index contributed by atoms with van der Waals surface area (Å²) in [6.07, 6.45) is 0.167. The molecule has 144 valence electrons. The van der Waals surface area contributed by atoms with Gasteiger partial charge in [0.25, 0.3) is 5.91 Å². The molecule has 0 radical (unpaired) electrons. The zero-order valence-electron chi connectivity index (χ0n) is 16.2. The number of amides is 1. The van der Waals surface area contributed by atoms with E-state index in [-0.39, 0.29) is 17.7 Å².